The molecule has 0 bridgehead atoms. The van der Waals surface area contributed by atoms with Crippen LogP contribution < -0.4 is 33.3 Å². The minimum Gasteiger partial charge on any atom is -0.328 e. The van der Waals surface area contributed by atoms with Gasteiger partial charge in [-0.15, -0.1) is 12.4 Å². The maximum Gasteiger partial charge on any atom is 0.433 e. The Bertz CT molecular complexity index is 2860. The van der Waals surface area contributed by atoms with E-state index < -0.39 is 11.9 Å². The molecule has 2 saturated heterocycles. The zero-order valence-corrected chi connectivity index (χ0v) is 36.7. The second kappa shape index (κ2) is 20.2. The maximum absolute atomic E-state index is 12.6. The number of halogens is 4. The van der Waals surface area contributed by atoms with Gasteiger partial charge in [0.2, 0.25) is 0 Å². The number of aryl methyl sites for hydroxylation is 1. The van der Waals surface area contributed by atoms with Crippen LogP contribution in [0.5, 0.6) is 0 Å². The van der Waals surface area contributed by atoms with Crippen molar-refractivity contribution in [1.82, 2.24) is 43.4 Å². The molecule has 0 spiro atoms. The Kier molecular flexibility index (Phi) is 14.6. The van der Waals surface area contributed by atoms with Gasteiger partial charge in [-0.1, -0.05) is 6.07 Å². The predicted molar refractivity (Wildman–Crippen MR) is 244 cm³/mol. The van der Waals surface area contributed by atoms with Gasteiger partial charge in [0.15, 0.2) is 6.29 Å². The number of nitrogens with two attached hydrogens (primary N) is 1. The van der Waals surface area contributed by atoms with Crippen LogP contribution >= 0.6 is 12.4 Å². The van der Waals surface area contributed by atoms with Crippen molar-refractivity contribution in [1.29, 1.82) is 0 Å². The first kappa shape index (κ1) is 47.2. The molecule has 0 saturated carbocycles. The standard InChI is InChI=1S/C23H24F3N5O2.C16H20N4O2.C7H7NO.ClH/c24-23(25,26)19-4-1-15(12-28-19)11-27-17-7-9-29(10-8-17)13-18-14-30-20(32)5-2-16-3-6-21(33)31(18)22(16)30;17-12-5-7-18(8-6-12)9-13-10-19-14(21)3-1-11-2-4-15(22)20(13)16(11)19;1-6-2-3-7(5-9)4-8-6;/h1-6,12,17-18,27H,7-11,13-14H2;1-4,12-13H,5-10,17H2;2-5H,1H3;1H/t18-;13-;;/m11../s1. The summed E-state index contributed by atoms with van der Waals surface area (Å²) in [6.45, 7) is 8.53. The van der Waals surface area contributed by atoms with Crippen LogP contribution in [0.1, 0.15) is 65.1 Å². The first-order valence-corrected chi connectivity index (χ1v) is 21.6. The summed E-state index contributed by atoms with van der Waals surface area (Å²) < 4.78 is 44.9. The fourth-order valence-electron chi connectivity index (χ4n) is 9.14. The van der Waals surface area contributed by atoms with Crippen molar-refractivity contribution in [3.8, 4) is 0 Å². The van der Waals surface area contributed by atoms with E-state index in [-0.39, 0.29) is 52.8 Å². The molecular weight excluding hydrogens is 865 g/mol. The molecule has 15 nitrogen and oxygen atoms in total. The number of rotatable bonds is 8. The third-order valence-corrected chi connectivity index (χ3v) is 12.6. The highest BCUT2D eigenvalue weighted by Gasteiger charge is 2.33. The molecule has 10 rings (SSSR count). The summed E-state index contributed by atoms with van der Waals surface area (Å²) in [4.78, 5) is 71.5. The van der Waals surface area contributed by atoms with Crippen molar-refractivity contribution in [2.45, 2.75) is 82.6 Å². The van der Waals surface area contributed by atoms with Crippen LogP contribution in [-0.4, -0.2) is 95.7 Å². The SMILES string of the molecule is Cc1ccc(C=O)cn1.Cl.NC1CCN(C[C@@H]2Cn3c(=O)ccc4ccc(=O)n2c43)CC1.O=c1ccc2ccc(=O)n3c2n1C[C@H]3CN1CCC(NCc2ccc(C(F)(F)F)nc2)CC1. The Morgan fingerprint density at radius 3 is 1.63 bits per heavy atom. The zero-order valence-electron chi connectivity index (χ0n) is 35.9. The van der Waals surface area contributed by atoms with Crippen molar-refractivity contribution < 1.29 is 18.0 Å². The molecule has 0 aromatic carbocycles. The van der Waals surface area contributed by atoms with Crippen LogP contribution in [-0.2, 0) is 25.8 Å². The molecule has 0 radical (unpaired) electrons. The van der Waals surface area contributed by atoms with Gasteiger partial charge in [-0.3, -0.25) is 52.2 Å². The molecule has 0 unspecified atom stereocenters. The van der Waals surface area contributed by atoms with Gasteiger partial charge in [0.05, 0.1) is 12.1 Å². The minimum absolute atomic E-state index is 0. The van der Waals surface area contributed by atoms with Gasteiger partial charge in [-0.25, -0.2) is 0 Å². The number of nitrogens with zero attached hydrogens (tertiary/aromatic N) is 8. The number of carbonyl (C=O) groups is 1. The summed E-state index contributed by atoms with van der Waals surface area (Å²) in [6, 6.07) is 19.9. The largest absolute Gasteiger partial charge is 0.433 e. The molecular formula is C46H52ClF3N10O5. The van der Waals surface area contributed by atoms with Crippen LogP contribution in [0.25, 0.3) is 22.1 Å². The van der Waals surface area contributed by atoms with Crippen LogP contribution in [0.3, 0.4) is 0 Å². The number of likely N-dealkylation sites (tertiary alicyclic amines) is 2. The van der Waals surface area contributed by atoms with E-state index >= 15 is 0 Å². The number of aldehydes is 1. The topological polar surface area (TPSA) is 175 Å². The highest BCUT2D eigenvalue weighted by atomic mass is 35.5. The van der Waals surface area contributed by atoms with Crippen molar-refractivity contribution in [3.63, 3.8) is 0 Å². The molecule has 3 N–H and O–H groups in total. The molecule has 0 aliphatic carbocycles. The van der Waals surface area contributed by atoms with Crippen LogP contribution in [0.4, 0.5) is 13.2 Å². The summed E-state index contributed by atoms with van der Waals surface area (Å²) in [5.41, 5.74) is 8.56. The first-order valence-electron chi connectivity index (χ1n) is 21.6. The third-order valence-electron chi connectivity index (χ3n) is 12.6. The summed E-state index contributed by atoms with van der Waals surface area (Å²) in [5, 5.41) is 5.24. The fraction of sp³-hybridized carbons (Fsp3) is 0.413. The van der Waals surface area contributed by atoms with E-state index in [4.69, 9.17) is 5.73 Å². The highest BCUT2D eigenvalue weighted by molar-refractivity contribution is 5.85. The maximum atomic E-state index is 12.6. The van der Waals surface area contributed by atoms with E-state index in [0.717, 1.165) is 92.9 Å². The molecule has 4 aliphatic heterocycles. The quantitative estimate of drug-likeness (QED) is 0.210. The monoisotopic (exact) mass is 916 g/mol. The molecule has 19 heteroatoms. The highest BCUT2D eigenvalue weighted by Crippen LogP contribution is 2.28. The summed E-state index contributed by atoms with van der Waals surface area (Å²) >= 11 is 0. The normalized spacial score (nSPS) is 18.7. The average Bonchev–Trinajstić information content (AvgIpc) is 3.88. The van der Waals surface area contributed by atoms with E-state index in [0.29, 0.717) is 49.0 Å². The molecule has 4 aliphatic rings. The second-order valence-corrected chi connectivity index (χ2v) is 17.0. The van der Waals surface area contributed by atoms with E-state index in [1.165, 1.54) is 12.3 Å². The van der Waals surface area contributed by atoms with Gasteiger partial charge in [-0.05, 0) is 107 Å². The van der Waals surface area contributed by atoms with Gasteiger partial charge in [-0.2, -0.15) is 13.2 Å². The Labute approximate surface area is 377 Å². The summed E-state index contributed by atoms with van der Waals surface area (Å²) in [6.07, 6.45) is 2.97. The molecule has 2 atom stereocenters. The number of aromatic nitrogens is 6. The fourth-order valence-corrected chi connectivity index (χ4v) is 9.14. The van der Waals surface area contributed by atoms with Gasteiger partial charge < -0.3 is 20.9 Å². The van der Waals surface area contributed by atoms with Crippen LogP contribution in [0, 0.1) is 6.92 Å². The predicted octanol–water partition coefficient (Wildman–Crippen LogP) is 4.15. The van der Waals surface area contributed by atoms with Crippen LogP contribution in [0.15, 0.2) is 104 Å². The van der Waals surface area contributed by atoms with Gasteiger partial charge in [0.1, 0.15) is 17.0 Å². The van der Waals surface area contributed by atoms with Crippen molar-refractivity contribution in [2.24, 2.45) is 5.73 Å². The Morgan fingerprint density at radius 1 is 0.677 bits per heavy atom. The number of hydrogen-bond donors (Lipinski definition) is 2. The number of carbonyl (C=O) groups excluding carboxylic acids is 1. The van der Waals surface area contributed by atoms with Gasteiger partial charge in [0, 0.05) is 103 Å². The molecule has 0 amide bonds. The third kappa shape index (κ3) is 10.7. The molecule has 344 valence electrons. The average molecular weight is 917 g/mol. The second-order valence-electron chi connectivity index (χ2n) is 17.0. The summed E-state index contributed by atoms with van der Waals surface area (Å²) in [7, 11) is 0. The lowest BCUT2D eigenvalue weighted by Crippen LogP contribution is -2.44. The van der Waals surface area contributed by atoms with Gasteiger partial charge >= 0.3 is 6.18 Å². The number of piperidine rings is 2. The first-order chi connectivity index (χ1) is 30.7. The number of pyridine rings is 6. The van der Waals surface area contributed by atoms with Crippen LogP contribution in [0.2, 0.25) is 0 Å². The van der Waals surface area contributed by atoms with E-state index in [2.05, 4.69) is 25.1 Å². The molecule has 10 heterocycles. The van der Waals surface area contributed by atoms with E-state index in [1.807, 2.05) is 13.0 Å². The Balaban J connectivity index is 0.000000168. The molecule has 65 heavy (non-hydrogen) atoms. The Hall–Kier alpha value is -5.79. The Morgan fingerprint density at radius 2 is 1.18 bits per heavy atom. The molecule has 6 aromatic heterocycles. The number of hydrogen-bond acceptors (Lipinski definition) is 11. The zero-order chi connectivity index (χ0) is 45.1. The van der Waals surface area contributed by atoms with Gasteiger partial charge in [0.25, 0.3) is 22.2 Å². The lowest BCUT2D eigenvalue weighted by Gasteiger charge is -2.34. The smallest absolute Gasteiger partial charge is 0.328 e. The lowest BCUT2D eigenvalue weighted by molar-refractivity contribution is -0.141. The van der Waals surface area contributed by atoms with Crippen molar-refractivity contribution in [3.05, 3.63) is 149 Å². The minimum atomic E-state index is -4.43. The van der Waals surface area contributed by atoms with Crippen molar-refractivity contribution >= 4 is 40.8 Å². The molecule has 6 aromatic rings. The lowest BCUT2D eigenvalue weighted by atomic mass is 10.0. The number of nitrogens with one attached hydrogen (secondary N) is 1. The molecule has 2 fully saturated rings. The van der Waals surface area contributed by atoms with E-state index in [9.17, 15) is 37.1 Å². The number of alkyl halides is 3. The summed E-state index contributed by atoms with van der Waals surface area (Å²) in [5.74, 6) is 0. The van der Waals surface area contributed by atoms with Crippen molar-refractivity contribution in [2.75, 3.05) is 39.3 Å². The van der Waals surface area contributed by atoms with E-state index in [1.54, 1.807) is 79.1 Å².